The Morgan fingerprint density at radius 3 is 2.54 bits per heavy atom. The minimum Gasteiger partial charge on any atom is -0.365 e. The predicted octanol–water partition coefficient (Wildman–Crippen LogP) is 4.53. The molecule has 1 atom stereocenters. The molecule has 0 fully saturated rings. The number of benzene rings is 1. The summed E-state index contributed by atoms with van der Waals surface area (Å²) in [6, 6.07) is 4.62. The Morgan fingerprint density at radius 1 is 1.25 bits per heavy atom. The molecule has 24 heavy (non-hydrogen) atoms. The van der Waals surface area contributed by atoms with Crippen molar-refractivity contribution in [2.75, 3.05) is 5.32 Å². The Hall–Kier alpha value is -1.56. The first-order chi connectivity index (χ1) is 11.3. The highest BCUT2D eigenvalue weighted by Crippen LogP contribution is 2.39. The zero-order chi connectivity index (χ0) is 17.4. The van der Waals surface area contributed by atoms with Gasteiger partial charge in [-0.05, 0) is 48.9 Å². The van der Waals surface area contributed by atoms with Gasteiger partial charge in [-0.15, -0.1) is 11.3 Å². The van der Waals surface area contributed by atoms with Crippen LogP contribution in [-0.2, 0) is 12.8 Å². The summed E-state index contributed by atoms with van der Waals surface area (Å²) in [5, 5.41) is 4.05. The molecule has 1 unspecified atom stereocenters. The van der Waals surface area contributed by atoms with Crippen molar-refractivity contribution in [2.24, 2.45) is 11.7 Å². The van der Waals surface area contributed by atoms with Crippen LogP contribution in [0.15, 0.2) is 18.2 Å². The summed E-state index contributed by atoms with van der Waals surface area (Å²) >= 11 is 13.3. The first kappa shape index (κ1) is 17.3. The largest absolute Gasteiger partial charge is 0.365 e. The van der Waals surface area contributed by atoms with Crippen LogP contribution in [0.5, 0.6) is 0 Å². The first-order valence-corrected chi connectivity index (χ1v) is 9.14. The number of hydrogen-bond donors (Lipinski definition) is 2. The number of fused-ring (bicyclic) bond motifs is 1. The van der Waals surface area contributed by atoms with Gasteiger partial charge in [0.15, 0.2) is 0 Å². The van der Waals surface area contributed by atoms with Crippen molar-refractivity contribution in [3.63, 3.8) is 0 Å². The Balaban J connectivity index is 1.95. The van der Waals surface area contributed by atoms with Gasteiger partial charge < -0.3 is 11.1 Å². The van der Waals surface area contributed by atoms with E-state index in [1.54, 1.807) is 6.07 Å². The van der Waals surface area contributed by atoms with E-state index in [9.17, 15) is 9.59 Å². The fraction of sp³-hybridized carbons (Fsp3) is 0.294. The van der Waals surface area contributed by atoms with Gasteiger partial charge in [0.05, 0.1) is 5.56 Å². The molecule has 0 spiro atoms. The number of halogens is 2. The molecule has 1 aromatic carbocycles. The number of anilines is 1. The Morgan fingerprint density at radius 2 is 1.92 bits per heavy atom. The third kappa shape index (κ3) is 3.43. The van der Waals surface area contributed by atoms with E-state index in [1.807, 2.05) is 0 Å². The molecule has 0 radical (unpaired) electrons. The molecule has 1 aliphatic carbocycles. The van der Waals surface area contributed by atoms with Gasteiger partial charge in [-0.1, -0.05) is 30.1 Å². The van der Waals surface area contributed by atoms with Crippen molar-refractivity contribution < 1.29 is 9.59 Å². The van der Waals surface area contributed by atoms with Crippen LogP contribution in [0.1, 0.15) is 44.5 Å². The van der Waals surface area contributed by atoms with E-state index in [2.05, 4.69) is 12.2 Å². The number of rotatable bonds is 3. The maximum atomic E-state index is 12.5. The van der Waals surface area contributed by atoms with Crippen LogP contribution in [0.4, 0.5) is 5.00 Å². The Labute approximate surface area is 153 Å². The second kappa shape index (κ2) is 6.75. The normalized spacial score (nSPS) is 16.5. The van der Waals surface area contributed by atoms with E-state index < -0.39 is 5.91 Å². The molecule has 1 aliphatic rings. The molecular weight excluding hydrogens is 367 g/mol. The molecule has 0 bridgehead atoms. The standard InChI is InChI=1S/C17H16Cl2N2O2S/c1-8-2-3-13-12(4-8)14(15(20)22)17(24-13)21-16(23)9-5-10(18)7-11(19)6-9/h5-8H,2-4H2,1H3,(H2,20,22)(H,21,23). The van der Waals surface area contributed by atoms with E-state index in [1.165, 1.54) is 23.5 Å². The van der Waals surface area contributed by atoms with Gasteiger partial charge in [-0.3, -0.25) is 9.59 Å². The smallest absolute Gasteiger partial charge is 0.256 e. The molecule has 2 amide bonds. The van der Waals surface area contributed by atoms with Crippen LogP contribution in [0.25, 0.3) is 0 Å². The van der Waals surface area contributed by atoms with Crippen LogP contribution >= 0.6 is 34.5 Å². The molecule has 126 valence electrons. The first-order valence-electron chi connectivity index (χ1n) is 7.57. The van der Waals surface area contributed by atoms with Crippen LogP contribution in [0.3, 0.4) is 0 Å². The Kier molecular flexibility index (Phi) is 4.85. The lowest BCUT2D eigenvalue weighted by Gasteiger charge is -2.18. The summed E-state index contributed by atoms with van der Waals surface area (Å²) in [5.74, 6) is -0.380. The van der Waals surface area contributed by atoms with Crippen molar-refractivity contribution in [2.45, 2.75) is 26.2 Å². The second-order valence-corrected chi connectivity index (χ2v) is 8.01. The zero-order valence-electron chi connectivity index (χ0n) is 13.0. The molecule has 0 aliphatic heterocycles. The monoisotopic (exact) mass is 382 g/mol. The maximum absolute atomic E-state index is 12.5. The quantitative estimate of drug-likeness (QED) is 0.817. The lowest BCUT2D eigenvalue weighted by molar-refractivity contribution is 0.1000. The summed E-state index contributed by atoms with van der Waals surface area (Å²) in [7, 11) is 0. The molecule has 7 heteroatoms. The summed E-state index contributed by atoms with van der Waals surface area (Å²) in [6.45, 7) is 2.15. The van der Waals surface area contributed by atoms with Crippen molar-refractivity contribution in [3.8, 4) is 0 Å². The molecule has 0 saturated carbocycles. The van der Waals surface area contributed by atoms with Crippen LogP contribution in [0.2, 0.25) is 10.0 Å². The lowest BCUT2D eigenvalue weighted by atomic mass is 9.87. The molecule has 3 rings (SSSR count). The van der Waals surface area contributed by atoms with E-state index in [0.29, 0.717) is 32.1 Å². The third-order valence-electron chi connectivity index (χ3n) is 4.11. The molecule has 1 heterocycles. The minimum atomic E-state index is -0.513. The SMILES string of the molecule is CC1CCc2sc(NC(=O)c3cc(Cl)cc(Cl)c3)c(C(N)=O)c2C1. The molecule has 1 aromatic heterocycles. The number of primary amides is 1. The number of thiophene rings is 1. The molecule has 3 N–H and O–H groups in total. The number of hydrogen-bond acceptors (Lipinski definition) is 3. The predicted molar refractivity (Wildman–Crippen MR) is 98.4 cm³/mol. The minimum absolute atomic E-state index is 0.336. The van der Waals surface area contributed by atoms with E-state index in [0.717, 1.165) is 29.7 Å². The Bertz CT molecular complexity index is 812. The molecule has 2 aromatic rings. The summed E-state index contributed by atoms with van der Waals surface area (Å²) in [4.78, 5) is 25.5. The number of nitrogens with two attached hydrogens (primary N) is 1. The zero-order valence-corrected chi connectivity index (χ0v) is 15.3. The number of carbonyl (C=O) groups excluding carboxylic acids is 2. The van der Waals surface area contributed by atoms with E-state index >= 15 is 0 Å². The number of nitrogens with one attached hydrogen (secondary N) is 1. The summed E-state index contributed by atoms with van der Waals surface area (Å²) < 4.78 is 0. The van der Waals surface area contributed by atoms with Crippen LogP contribution in [0, 0.1) is 5.92 Å². The molecule has 4 nitrogen and oxygen atoms in total. The van der Waals surface area contributed by atoms with Gasteiger partial charge >= 0.3 is 0 Å². The third-order valence-corrected chi connectivity index (χ3v) is 5.75. The van der Waals surface area contributed by atoms with Crippen molar-refractivity contribution in [1.29, 1.82) is 0 Å². The van der Waals surface area contributed by atoms with Gasteiger partial charge in [0.25, 0.3) is 11.8 Å². The van der Waals surface area contributed by atoms with Crippen LogP contribution in [-0.4, -0.2) is 11.8 Å². The fourth-order valence-electron chi connectivity index (χ4n) is 2.97. The second-order valence-electron chi connectivity index (χ2n) is 6.03. The number of carbonyl (C=O) groups is 2. The van der Waals surface area contributed by atoms with E-state index in [-0.39, 0.29) is 5.91 Å². The van der Waals surface area contributed by atoms with Gasteiger partial charge in [0.2, 0.25) is 0 Å². The highest BCUT2D eigenvalue weighted by molar-refractivity contribution is 7.17. The maximum Gasteiger partial charge on any atom is 0.256 e. The van der Waals surface area contributed by atoms with Crippen LogP contribution < -0.4 is 11.1 Å². The lowest BCUT2D eigenvalue weighted by Crippen LogP contribution is -2.19. The van der Waals surface area contributed by atoms with E-state index in [4.69, 9.17) is 28.9 Å². The highest BCUT2D eigenvalue weighted by Gasteiger charge is 2.27. The number of amides is 2. The average molecular weight is 383 g/mol. The van der Waals surface area contributed by atoms with Gasteiger partial charge in [0.1, 0.15) is 5.00 Å². The summed E-state index contributed by atoms with van der Waals surface area (Å²) in [6.07, 6.45) is 2.78. The summed E-state index contributed by atoms with van der Waals surface area (Å²) in [5.41, 5.74) is 7.31. The fourth-order valence-corrected chi connectivity index (χ4v) is 4.74. The highest BCUT2D eigenvalue weighted by atomic mass is 35.5. The van der Waals surface area contributed by atoms with Crippen molar-refractivity contribution in [3.05, 3.63) is 49.8 Å². The van der Waals surface area contributed by atoms with Gasteiger partial charge in [0, 0.05) is 20.5 Å². The van der Waals surface area contributed by atoms with Gasteiger partial charge in [-0.2, -0.15) is 0 Å². The molecule has 0 saturated heterocycles. The van der Waals surface area contributed by atoms with Gasteiger partial charge in [-0.25, -0.2) is 0 Å². The van der Waals surface area contributed by atoms with Crippen molar-refractivity contribution >= 4 is 51.4 Å². The topological polar surface area (TPSA) is 72.2 Å². The van der Waals surface area contributed by atoms with Crippen molar-refractivity contribution in [1.82, 2.24) is 0 Å². The number of aryl methyl sites for hydroxylation is 1. The average Bonchev–Trinajstić information content (AvgIpc) is 2.83. The molecular formula is C17H16Cl2N2O2S.